The van der Waals surface area contributed by atoms with Crippen LogP contribution in [-0.4, -0.2) is 23.2 Å². The van der Waals surface area contributed by atoms with Gasteiger partial charge in [0, 0.05) is 12.1 Å². The number of carboxylic acids is 1. The van der Waals surface area contributed by atoms with E-state index < -0.39 is 17.6 Å². The molecule has 0 spiro atoms. The molecule has 1 rings (SSSR count). The van der Waals surface area contributed by atoms with Crippen molar-refractivity contribution in [2.75, 3.05) is 0 Å². The monoisotopic (exact) mass is 257 g/mol. The van der Waals surface area contributed by atoms with Crippen molar-refractivity contribution in [2.45, 2.75) is 38.8 Å². The van der Waals surface area contributed by atoms with E-state index in [1.54, 1.807) is 0 Å². The highest BCUT2D eigenvalue weighted by Gasteiger charge is 2.15. The highest BCUT2D eigenvalue weighted by Crippen LogP contribution is 2.12. The van der Waals surface area contributed by atoms with Crippen LogP contribution in [0.3, 0.4) is 0 Å². The van der Waals surface area contributed by atoms with Gasteiger partial charge >= 0.3 is 5.97 Å². The number of rotatable bonds is 6. The van der Waals surface area contributed by atoms with Gasteiger partial charge in [0.05, 0.1) is 6.42 Å². The van der Waals surface area contributed by atoms with Gasteiger partial charge in [-0.05, 0) is 24.1 Å². The van der Waals surface area contributed by atoms with E-state index in [4.69, 9.17) is 5.11 Å². The van der Waals surface area contributed by atoms with Crippen LogP contribution in [0.15, 0.2) is 18.2 Å². The molecule has 0 aromatic heterocycles. The number of aliphatic carboxylic acids is 1. The highest BCUT2D eigenvalue weighted by atomic mass is 19.2. The molecule has 0 aliphatic rings. The van der Waals surface area contributed by atoms with Crippen molar-refractivity contribution in [1.82, 2.24) is 5.32 Å². The minimum Gasteiger partial charge on any atom is -0.481 e. The van der Waals surface area contributed by atoms with Gasteiger partial charge in [0.25, 0.3) is 0 Å². The molecule has 2 N–H and O–H groups in total. The molecule has 1 unspecified atom stereocenters. The second kappa shape index (κ2) is 6.44. The number of carboxylic acid groups (broad SMARTS) is 1. The number of benzene rings is 1. The zero-order valence-corrected chi connectivity index (χ0v) is 10.4. The maximum Gasteiger partial charge on any atom is 0.304 e. The normalized spacial score (nSPS) is 12.7. The molecule has 0 aliphatic carbocycles. The van der Waals surface area contributed by atoms with Crippen molar-refractivity contribution in [2.24, 2.45) is 0 Å². The van der Waals surface area contributed by atoms with E-state index in [1.165, 1.54) is 6.07 Å². The van der Waals surface area contributed by atoms with Gasteiger partial charge < -0.3 is 10.4 Å². The summed E-state index contributed by atoms with van der Waals surface area (Å²) in [6.07, 6.45) is 0.291. The van der Waals surface area contributed by atoms with Gasteiger partial charge in [-0.25, -0.2) is 8.78 Å². The summed E-state index contributed by atoms with van der Waals surface area (Å²) < 4.78 is 25.8. The van der Waals surface area contributed by atoms with Crippen LogP contribution in [-0.2, 0) is 11.2 Å². The Kier molecular flexibility index (Phi) is 5.22. The van der Waals surface area contributed by atoms with E-state index in [2.05, 4.69) is 5.32 Å². The number of carbonyl (C=O) groups is 1. The fourth-order valence-electron chi connectivity index (χ4n) is 1.82. The topological polar surface area (TPSA) is 49.3 Å². The maximum absolute atomic E-state index is 13.0. The second-order valence-corrected chi connectivity index (χ2v) is 4.57. The lowest BCUT2D eigenvalue weighted by Crippen LogP contribution is -2.38. The van der Waals surface area contributed by atoms with E-state index >= 15 is 0 Å². The Bertz CT molecular complexity index is 421. The first-order chi connectivity index (χ1) is 8.38. The molecular formula is C13H17F2NO2. The van der Waals surface area contributed by atoms with Gasteiger partial charge in [-0.15, -0.1) is 0 Å². The van der Waals surface area contributed by atoms with Crippen molar-refractivity contribution in [3.05, 3.63) is 35.4 Å². The molecule has 0 radical (unpaired) electrons. The first-order valence-electron chi connectivity index (χ1n) is 5.80. The van der Waals surface area contributed by atoms with Crippen LogP contribution in [0.4, 0.5) is 8.78 Å². The predicted molar refractivity (Wildman–Crippen MR) is 64.4 cm³/mol. The SMILES string of the molecule is CC(C)NC(CC(=O)O)Cc1ccc(F)c(F)c1. The predicted octanol–water partition coefficient (Wildman–Crippen LogP) is 2.35. The molecule has 1 atom stereocenters. The summed E-state index contributed by atoms with van der Waals surface area (Å²) in [5, 5.41) is 11.9. The minimum absolute atomic E-state index is 0.0584. The molecule has 0 bridgehead atoms. The summed E-state index contributed by atoms with van der Waals surface area (Å²) in [6, 6.07) is 3.45. The van der Waals surface area contributed by atoms with Gasteiger partial charge in [0.15, 0.2) is 11.6 Å². The van der Waals surface area contributed by atoms with Crippen LogP contribution in [0.2, 0.25) is 0 Å². The molecule has 1 aromatic rings. The van der Waals surface area contributed by atoms with Crippen molar-refractivity contribution < 1.29 is 18.7 Å². The summed E-state index contributed by atoms with van der Waals surface area (Å²) in [6.45, 7) is 3.81. The van der Waals surface area contributed by atoms with Crippen LogP contribution in [0, 0.1) is 11.6 Å². The second-order valence-electron chi connectivity index (χ2n) is 4.57. The Morgan fingerprint density at radius 2 is 2.00 bits per heavy atom. The average molecular weight is 257 g/mol. The molecule has 1 aromatic carbocycles. The standard InChI is InChI=1S/C13H17F2NO2/c1-8(2)16-10(7-13(17)18)5-9-3-4-11(14)12(15)6-9/h3-4,6,8,10,16H,5,7H2,1-2H3,(H,17,18). The number of hydrogen-bond acceptors (Lipinski definition) is 2. The number of hydrogen-bond donors (Lipinski definition) is 2. The van der Waals surface area contributed by atoms with Crippen LogP contribution < -0.4 is 5.32 Å². The third-order valence-corrected chi connectivity index (χ3v) is 2.46. The van der Waals surface area contributed by atoms with Crippen molar-refractivity contribution >= 4 is 5.97 Å². The van der Waals surface area contributed by atoms with Gasteiger partial charge in [-0.2, -0.15) is 0 Å². The largest absolute Gasteiger partial charge is 0.481 e. The first kappa shape index (κ1) is 14.6. The van der Waals surface area contributed by atoms with Crippen molar-refractivity contribution in [3.8, 4) is 0 Å². The lowest BCUT2D eigenvalue weighted by atomic mass is 10.0. The molecule has 0 heterocycles. The smallest absolute Gasteiger partial charge is 0.304 e. The molecule has 100 valence electrons. The fourth-order valence-corrected chi connectivity index (χ4v) is 1.82. The van der Waals surface area contributed by atoms with Gasteiger partial charge in [0.1, 0.15) is 0 Å². The molecule has 3 nitrogen and oxygen atoms in total. The zero-order chi connectivity index (χ0) is 13.7. The van der Waals surface area contributed by atoms with Crippen LogP contribution in [0.25, 0.3) is 0 Å². The molecule has 5 heteroatoms. The summed E-state index contributed by atoms with van der Waals surface area (Å²) >= 11 is 0. The zero-order valence-electron chi connectivity index (χ0n) is 10.4. The van der Waals surface area contributed by atoms with E-state index in [0.717, 1.165) is 12.1 Å². The summed E-state index contributed by atoms with van der Waals surface area (Å²) in [7, 11) is 0. The highest BCUT2D eigenvalue weighted by molar-refractivity contribution is 5.67. The third kappa shape index (κ3) is 4.79. The van der Waals surface area contributed by atoms with Gasteiger partial charge in [-0.3, -0.25) is 4.79 Å². The molecule has 0 amide bonds. The number of halogens is 2. The maximum atomic E-state index is 13.0. The Morgan fingerprint density at radius 3 is 2.50 bits per heavy atom. The Labute approximate surface area is 105 Å². The molecule has 0 fully saturated rings. The minimum atomic E-state index is -0.921. The summed E-state index contributed by atoms with van der Waals surface area (Å²) in [5.41, 5.74) is 0.577. The van der Waals surface area contributed by atoms with Gasteiger partial charge in [0.2, 0.25) is 0 Å². The van der Waals surface area contributed by atoms with Crippen molar-refractivity contribution in [1.29, 1.82) is 0 Å². The quantitative estimate of drug-likeness (QED) is 0.822. The van der Waals surface area contributed by atoms with Crippen molar-refractivity contribution in [3.63, 3.8) is 0 Å². The Morgan fingerprint density at radius 1 is 1.33 bits per heavy atom. The molecule has 0 aliphatic heterocycles. The van der Waals surface area contributed by atoms with Gasteiger partial charge in [-0.1, -0.05) is 19.9 Å². The Balaban J connectivity index is 2.74. The number of nitrogens with one attached hydrogen (secondary N) is 1. The summed E-state index contributed by atoms with van der Waals surface area (Å²) in [4.78, 5) is 10.7. The van der Waals surface area contributed by atoms with E-state index in [1.807, 2.05) is 13.8 Å². The van der Waals surface area contributed by atoms with Crippen LogP contribution >= 0.6 is 0 Å². The van der Waals surface area contributed by atoms with E-state index in [-0.39, 0.29) is 18.5 Å². The lowest BCUT2D eigenvalue weighted by molar-refractivity contribution is -0.137. The Hall–Kier alpha value is -1.49. The van der Waals surface area contributed by atoms with E-state index in [9.17, 15) is 13.6 Å². The molecular weight excluding hydrogens is 240 g/mol. The molecule has 18 heavy (non-hydrogen) atoms. The molecule has 0 saturated carbocycles. The summed E-state index contributed by atoms with van der Waals surface area (Å²) in [5.74, 6) is -2.73. The third-order valence-electron chi connectivity index (χ3n) is 2.46. The fraction of sp³-hybridized carbons (Fsp3) is 0.462. The first-order valence-corrected chi connectivity index (χ1v) is 5.80. The van der Waals surface area contributed by atoms with Crippen LogP contribution in [0.1, 0.15) is 25.8 Å². The van der Waals surface area contributed by atoms with Crippen LogP contribution in [0.5, 0.6) is 0 Å². The average Bonchev–Trinajstić information content (AvgIpc) is 2.21. The van der Waals surface area contributed by atoms with E-state index in [0.29, 0.717) is 12.0 Å². The molecule has 0 saturated heterocycles. The lowest BCUT2D eigenvalue weighted by Gasteiger charge is -2.19.